The van der Waals surface area contributed by atoms with E-state index < -0.39 is 0 Å². The third kappa shape index (κ3) is 3.68. The van der Waals surface area contributed by atoms with E-state index in [1.807, 2.05) is 4.90 Å². The van der Waals surface area contributed by atoms with E-state index in [2.05, 4.69) is 10.3 Å². The van der Waals surface area contributed by atoms with Crippen LogP contribution < -0.4 is 10.2 Å². The van der Waals surface area contributed by atoms with Crippen molar-refractivity contribution in [3.8, 4) is 0 Å². The minimum atomic E-state index is -0.384. The predicted octanol–water partition coefficient (Wildman–Crippen LogP) is 3.69. The number of nitrogens with one attached hydrogen (secondary N) is 1. The molecule has 4 rings (SSSR count). The topological polar surface area (TPSA) is 71.5 Å². The maximum atomic E-state index is 13.3. The molecule has 0 bridgehead atoms. The van der Waals surface area contributed by atoms with Crippen LogP contribution in [0, 0.1) is 11.7 Å². The van der Waals surface area contributed by atoms with Gasteiger partial charge in [0.05, 0.1) is 28.3 Å². The molecule has 2 heterocycles. The summed E-state index contributed by atoms with van der Waals surface area (Å²) >= 11 is 1.42. The monoisotopic (exact) mass is 399 g/mol. The standard InChI is InChI=1S/C20H18FN3O3S/c1-2-27-19(26)12-3-6-15(7-4-12)22-18(25)13-10-24(11-13)20-23-16-8-5-14(21)9-17(16)28-20/h3-9,13H,2,10-11H2,1H3,(H,22,25). The van der Waals surface area contributed by atoms with Gasteiger partial charge in [-0.1, -0.05) is 11.3 Å². The van der Waals surface area contributed by atoms with Crippen LogP contribution in [0.4, 0.5) is 15.2 Å². The molecule has 1 amide bonds. The normalized spacial score (nSPS) is 14.0. The summed E-state index contributed by atoms with van der Waals surface area (Å²) in [6.07, 6.45) is 0. The lowest BCUT2D eigenvalue weighted by Gasteiger charge is -2.37. The number of halogens is 1. The van der Waals surface area contributed by atoms with E-state index in [1.165, 1.54) is 23.5 Å². The summed E-state index contributed by atoms with van der Waals surface area (Å²) in [5, 5.41) is 3.66. The van der Waals surface area contributed by atoms with Crippen LogP contribution in [0.1, 0.15) is 17.3 Å². The van der Waals surface area contributed by atoms with Crippen molar-refractivity contribution in [3.05, 3.63) is 53.8 Å². The molecular weight excluding hydrogens is 381 g/mol. The number of aromatic nitrogens is 1. The number of anilines is 2. The Kier molecular flexibility index (Phi) is 4.95. The Labute approximate surface area is 164 Å². The molecule has 6 nitrogen and oxygen atoms in total. The summed E-state index contributed by atoms with van der Waals surface area (Å²) in [5.41, 5.74) is 1.84. The molecule has 2 aromatic carbocycles. The highest BCUT2D eigenvalue weighted by Crippen LogP contribution is 2.33. The maximum absolute atomic E-state index is 13.3. The number of thiazole rings is 1. The Hall–Kier alpha value is -3.00. The fourth-order valence-electron chi connectivity index (χ4n) is 2.97. The highest BCUT2D eigenvalue weighted by molar-refractivity contribution is 7.22. The Bertz CT molecular complexity index is 1030. The molecule has 28 heavy (non-hydrogen) atoms. The largest absolute Gasteiger partial charge is 0.462 e. The van der Waals surface area contributed by atoms with Gasteiger partial charge in [0, 0.05) is 18.8 Å². The van der Waals surface area contributed by atoms with Gasteiger partial charge >= 0.3 is 5.97 Å². The van der Waals surface area contributed by atoms with Gasteiger partial charge in [0.25, 0.3) is 0 Å². The van der Waals surface area contributed by atoms with Crippen molar-refractivity contribution in [2.24, 2.45) is 5.92 Å². The molecule has 1 aromatic heterocycles. The van der Waals surface area contributed by atoms with Gasteiger partial charge < -0.3 is 15.0 Å². The second-order valence-electron chi connectivity index (χ2n) is 6.50. The molecule has 0 spiro atoms. The van der Waals surface area contributed by atoms with Gasteiger partial charge in [-0.3, -0.25) is 4.79 Å². The first-order valence-electron chi connectivity index (χ1n) is 8.92. The van der Waals surface area contributed by atoms with Gasteiger partial charge in [0.1, 0.15) is 5.82 Å². The molecule has 0 atom stereocenters. The van der Waals surface area contributed by atoms with Crippen molar-refractivity contribution >= 4 is 44.2 Å². The van der Waals surface area contributed by atoms with Crippen LogP contribution in [0.2, 0.25) is 0 Å². The second kappa shape index (κ2) is 7.55. The number of esters is 1. The quantitative estimate of drug-likeness (QED) is 0.663. The van der Waals surface area contributed by atoms with Crippen LogP contribution in [0.5, 0.6) is 0 Å². The molecule has 1 aliphatic rings. The van der Waals surface area contributed by atoms with E-state index in [0.29, 0.717) is 30.9 Å². The summed E-state index contributed by atoms with van der Waals surface area (Å²) in [6.45, 7) is 3.20. The van der Waals surface area contributed by atoms with Crippen LogP contribution in [-0.4, -0.2) is 36.6 Å². The Balaban J connectivity index is 1.33. The number of fused-ring (bicyclic) bond motifs is 1. The van der Waals surface area contributed by atoms with E-state index in [1.54, 1.807) is 37.3 Å². The minimum absolute atomic E-state index is 0.0766. The Morgan fingerprint density at radius 2 is 2.00 bits per heavy atom. The molecule has 0 radical (unpaired) electrons. The van der Waals surface area contributed by atoms with Gasteiger partial charge in [-0.15, -0.1) is 0 Å². The summed E-state index contributed by atoms with van der Waals surface area (Å²) in [7, 11) is 0. The molecule has 0 saturated carbocycles. The summed E-state index contributed by atoms with van der Waals surface area (Å²) in [6, 6.07) is 11.1. The molecule has 144 valence electrons. The average Bonchev–Trinajstić information content (AvgIpc) is 3.03. The van der Waals surface area contributed by atoms with Crippen molar-refractivity contribution in [3.63, 3.8) is 0 Å². The van der Waals surface area contributed by atoms with Crippen LogP contribution in [0.3, 0.4) is 0 Å². The number of hydrogen-bond acceptors (Lipinski definition) is 6. The van der Waals surface area contributed by atoms with Gasteiger partial charge in [0.15, 0.2) is 5.13 Å². The van der Waals surface area contributed by atoms with Crippen molar-refractivity contribution in [2.75, 3.05) is 29.9 Å². The average molecular weight is 399 g/mol. The van der Waals surface area contributed by atoms with Crippen LogP contribution in [0.25, 0.3) is 10.2 Å². The zero-order valence-corrected chi connectivity index (χ0v) is 16.0. The Morgan fingerprint density at radius 3 is 2.71 bits per heavy atom. The van der Waals surface area contributed by atoms with Gasteiger partial charge in [-0.05, 0) is 49.4 Å². The van der Waals surface area contributed by atoms with Gasteiger partial charge in [-0.25, -0.2) is 14.2 Å². The molecule has 1 saturated heterocycles. The maximum Gasteiger partial charge on any atom is 0.338 e. The molecular formula is C20H18FN3O3S. The van der Waals surface area contributed by atoms with Gasteiger partial charge in [0.2, 0.25) is 5.91 Å². The van der Waals surface area contributed by atoms with E-state index in [-0.39, 0.29) is 23.6 Å². The third-order valence-electron chi connectivity index (χ3n) is 4.53. The first kappa shape index (κ1) is 18.4. The number of benzene rings is 2. The number of carbonyl (C=O) groups is 2. The predicted molar refractivity (Wildman–Crippen MR) is 106 cm³/mol. The zero-order chi connectivity index (χ0) is 19.7. The molecule has 1 N–H and O–H groups in total. The second-order valence-corrected chi connectivity index (χ2v) is 7.51. The number of ether oxygens (including phenoxy) is 1. The van der Waals surface area contributed by atoms with E-state index in [4.69, 9.17) is 4.74 Å². The highest BCUT2D eigenvalue weighted by Gasteiger charge is 2.34. The lowest BCUT2D eigenvalue weighted by molar-refractivity contribution is -0.120. The minimum Gasteiger partial charge on any atom is -0.462 e. The van der Waals surface area contributed by atoms with Crippen molar-refractivity contribution < 1.29 is 18.7 Å². The first-order chi connectivity index (χ1) is 13.5. The van der Waals surface area contributed by atoms with Crippen molar-refractivity contribution in [2.45, 2.75) is 6.92 Å². The lowest BCUT2D eigenvalue weighted by Crippen LogP contribution is -2.52. The highest BCUT2D eigenvalue weighted by atomic mass is 32.1. The zero-order valence-electron chi connectivity index (χ0n) is 15.1. The van der Waals surface area contributed by atoms with E-state index in [0.717, 1.165) is 15.3 Å². The number of hydrogen-bond donors (Lipinski definition) is 1. The van der Waals surface area contributed by atoms with E-state index in [9.17, 15) is 14.0 Å². The van der Waals surface area contributed by atoms with Gasteiger partial charge in [-0.2, -0.15) is 0 Å². The molecule has 1 fully saturated rings. The number of nitrogens with zero attached hydrogens (tertiary/aromatic N) is 2. The van der Waals surface area contributed by atoms with Crippen LogP contribution in [0.15, 0.2) is 42.5 Å². The molecule has 0 unspecified atom stereocenters. The summed E-state index contributed by atoms with van der Waals surface area (Å²) in [5.74, 6) is -0.885. The lowest BCUT2D eigenvalue weighted by atomic mass is 10.00. The summed E-state index contributed by atoms with van der Waals surface area (Å²) in [4.78, 5) is 30.6. The third-order valence-corrected chi connectivity index (χ3v) is 5.60. The van der Waals surface area contributed by atoms with Crippen LogP contribution >= 0.6 is 11.3 Å². The number of carbonyl (C=O) groups excluding carboxylic acids is 2. The summed E-state index contributed by atoms with van der Waals surface area (Å²) < 4.78 is 19.0. The molecule has 8 heteroatoms. The fraction of sp³-hybridized carbons (Fsp3) is 0.250. The Morgan fingerprint density at radius 1 is 1.25 bits per heavy atom. The van der Waals surface area contributed by atoms with Crippen molar-refractivity contribution in [1.29, 1.82) is 0 Å². The SMILES string of the molecule is CCOC(=O)c1ccc(NC(=O)C2CN(c3nc4ccc(F)cc4s3)C2)cc1. The molecule has 1 aliphatic heterocycles. The van der Waals surface area contributed by atoms with Crippen LogP contribution in [-0.2, 0) is 9.53 Å². The smallest absolute Gasteiger partial charge is 0.338 e. The van der Waals surface area contributed by atoms with Crippen molar-refractivity contribution in [1.82, 2.24) is 4.98 Å². The number of rotatable bonds is 5. The fourth-order valence-corrected chi connectivity index (χ4v) is 3.98. The first-order valence-corrected chi connectivity index (χ1v) is 9.74. The molecule has 0 aliphatic carbocycles. The molecule has 3 aromatic rings. The number of amides is 1. The van der Waals surface area contributed by atoms with E-state index >= 15 is 0 Å².